The molecular weight excluding hydrogens is 346 g/mol. The molecule has 26 heavy (non-hydrogen) atoms. The number of carbonyl (C=O) groups is 1. The molecule has 1 saturated heterocycles. The number of hydrogen-bond acceptors (Lipinski definition) is 2. The van der Waals surface area contributed by atoms with E-state index in [1.54, 1.807) is 0 Å². The van der Waals surface area contributed by atoms with Gasteiger partial charge in [0.2, 0.25) is 0 Å². The van der Waals surface area contributed by atoms with Crippen LogP contribution in [0.2, 0.25) is 5.02 Å². The Hall–Kier alpha value is -2.04. The molecule has 0 spiro atoms. The van der Waals surface area contributed by atoms with Gasteiger partial charge in [0.1, 0.15) is 6.04 Å². The maximum atomic E-state index is 12.2. The van der Waals surface area contributed by atoms with Gasteiger partial charge in [0.05, 0.1) is 0 Å². The third-order valence-corrected chi connectivity index (χ3v) is 5.27. The highest BCUT2D eigenvalue weighted by Crippen LogP contribution is 2.22. The molecule has 1 heterocycles. The van der Waals surface area contributed by atoms with Gasteiger partial charge < -0.3 is 15.5 Å². The Bertz CT molecular complexity index is 726. The maximum Gasteiger partial charge on any atom is 0.279 e. The van der Waals surface area contributed by atoms with Crippen LogP contribution in [0, 0.1) is 0 Å². The van der Waals surface area contributed by atoms with Gasteiger partial charge in [0, 0.05) is 35.1 Å². The molecule has 0 aromatic heterocycles. The van der Waals surface area contributed by atoms with E-state index in [4.69, 9.17) is 11.6 Å². The summed E-state index contributed by atoms with van der Waals surface area (Å²) in [6.07, 6.45) is 3.85. The largest absolute Gasteiger partial charge is 0.372 e. The quantitative estimate of drug-likeness (QED) is 0.814. The van der Waals surface area contributed by atoms with Crippen LogP contribution in [-0.2, 0) is 4.79 Å². The predicted octanol–water partition coefficient (Wildman–Crippen LogP) is 3.59. The van der Waals surface area contributed by atoms with Crippen LogP contribution in [0.25, 0.3) is 0 Å². The van der Waals surface area contributed by atoms with Crippen molar-refractivity contribution in [1.29, 1.82) is 0 Å². The molecule has 3 rings (SSSR count). The highest BCUT2D eigenvalue weighted by molar-refractivity contribution is 6.31. The van der Waals surface area contributed by atoms with E-state index in [0.29, 0.717) is 6.54 Å². The summed E-state index contributed by atoms with van der Waals surface area (Å²) >= 11 is 6.22. The van der Waals surface area contributed by atoms with Gasteiger partial charge in [0.25, 0.3) is 5.91 Å². The molecular formula is C21H27ClN3O+. The lowest BCUT2D eigenvalue weighted by molar-refractivity contribution is -0.682. The first kappa shape index (κ1) is 18.7. The number of benzene rings is 2. The standard InChI is InChI=1S/C21H26ClN3O/c1-16(19-7-3-4-8-20(19)22)23-15-21(26)24-17-9-11-18(12-10-17)25-13-5-2-6-14-25/h3-4,7-12,16,23H,2,5-6,13-15H2,1H3,(H,24,26)/p+1/t16-/m1/s1. The number of rotatable bonds is 6. The van der Waals surface area contributed by atoms with Crippen LogP contribution in [0.4, 0.5) is 11.4 Å². The number of anilines is 2. The molecule has 3 N–H and O–H groups in total. The summed E-state index contributed by atoms with van der Waals surface area (Å²) in [4.78, 5) is 14.6. The Kier molecular flexibility index (Phi) is 6.53. The highest BCUT2D eigenvalue weighted by atomic mass is 35.5. The minimum atomic E-state index is -0.00498. The Morgan fingerprint density at radius 2 is 1.81 bits per heavy atom. The lowest BCUT2D eigenvalue weighted by atomic mass is 10.1. The second kappa shape index (κ2) is 9.06. The second-order valence-corrected chi connectivity index (χ2v) is 7.30. The van der Waals surface area contributed by atoms with Gasteiger partial charge in [-0.1, -0.05) is 29.8 Å². The molecule has 0 radical (unpaired) electrons. The number of nitrogens with zero attached hydrogens (tertiary/aromatic N) is 1. The van der Waals surface area contributed by atoms with Crippen molar-refractivity contribution in [1.82, 2.24) is 0 Å². The van der Waals surface area contributed by atoms with E-state index in [0.717, 1.165) is 29.4 Å². The number of nitrogens with two attached hydrogens (primary N) is 1. The lowest BCUT2D eigenvalue weighted by Gasteiger charge is -2.28. The number of nitrogens with one attached hydrogen (secondary N) is 1. The molecule has 1 aliphatic rings. The maximum absolute atomic E-state index is 12.2. The fourth-order valence-electron chi connectivity index (χ4n) is 3.37. The zero-order chi connectivity index (χ0) is 18.4. The van der Waals surface area contributed by atoms with Crippen molar-refractivity contribution in [3.8, 4) is 0 Å². The van der Waals surface area contributed by atoms with E-state index < -0.39 is 0 Å². The summed E-state index contributed by atoms with van der Waals surface area (Å²) in [6.45, 7) is 4.67. The minimum absolute atomic E-state index is 0.00498. The van der Waals surface area contributed by atoms with E-state index in [-0.39, 0.29) is 11.9 Å². The van der Waals surface area contributed by atoms with E-state index in [1.807, 2.05) is 41.7 Å². The lowest BCUT2D eigenvalue weighted by Crippen LogP contribution is -2.86. The van der Waals surface area contributed by atoms with E-state index >= 15 is 0 Å². The van der Waals surface area contributed by atoms with Gasteiger partial charge in [-0.3, -0.25) is 4.79 Å². The third-order valence-electron chi connectivity index (χ3n) is 4.92. The number of hydrogen-bond donors (Lipinski definition) is 2. The number of amides is 1. The smallest absolute Gasteiger partial charge is 0.279 e. The first-order chi connectivity index (χ1) is 12.6. The molecule has 2 aromatic carbocycles. The first-order valence-electron chi connectivity index (χ1n) is 9.36. The van der Waals surface area contributed by atoms with E-state index in [9.17, 15) is 4.79 Å². The van der Waals surface area contributed by atoms with Crippen molar-refractivity contribution < 1.29 is 10.1 Å². The molecule has 1 amide bonds. The molecule has 4 nitrogen and oxygen atoms in total. The molecule has 2 aromatic rings. The van der Waals surface area contributed by atoms with Crippen LogP contribution in [0.1, 0.15) is 37.8 Å². The highest BCUT2D eigenvalue weighted by Gasteiger charge is 2.15. The van der Waals surface area contributed by atoms with Gasteiger partial charge in [0.15, 0.2) is 6.54 Å². The third kappa shape index (κ3) is 4.99. The normalized spacial score (nSPS) is 15.5. The SMILES string of the molecule is C[C@@H]([NH2+]CC(=O)Nc1ccc(N2CCCCC2)cc1)c1ccccc1Cl. The molecule has 0 bridgehead atoms. The van der Waals surface area contributed by atoms with Crippen molar-refractivity contribution in [3.63, 3.8) is 0 Å². The van der Waals surface area contributed by atoms with Crippen molar-refractivity contribution in [2.75, 3.05) is 29.9 Å². The van der Waals surface area contributed by atoms with Crippen LogP contribution in [0.3, 0.4) is 0 Å². The molecule has 138 valence electrons. The van der Waals surface area contributed by atoms with Gasteiger partial charge in [-0.2, -0.15) is 0 Å². The van der Waals surface area contributed by atoms with Crippen LogP contribution in [0.5, 0.6) is 0 Å². The average molecular weight is 373 g/mol. The Labute approximate surface area is 160 Å². The summed E-state index contributed by atoms with van der Waals surface area (Å²) in [5.74, 6) is -0.00498. The van der Waals surface area contributed by atoms with Crippen molar-refractivity contribution in [2.24, 2.45) is 0 Å². The summed E-state index contributed by atoms with van der Waals surface area (Å²) in [7, 11) is 0. The van der Waals surface area contributed by atoms with Gasteiger partial charge in [-0.15, -0.1) is 0 Å². The zero-order valence-corrected chi connectivity index (χ0v) is 16.0. The van der Waals surface area contributed by atoms with Crippen LogP contribution >= 0.6 is 11.6 Å². The molecule has 1 fully saturated rings. The fourth-order valence-corrected chi connectivity index (χ4v) is 3.68. The van der Waals surface area contributed by atoms with Crippen LogP contribution in [0.15, 0.2) is 48.5 Å². The molecule has 0 saturated carbocycles. The fraction of sp³-hybridized carbons (Fsp3) is 0.381. The number of halogens is 1. The van der Waals surface area contributed by atoms with Crippen LogP contribution < -0.4 is 15.5 Å². The van der Waals surface area contributed by atoms with Gasteiger partial charge in [-0.05, 0) is 56.5 Å². The molecule has 0 aliphatic carbocycles. The van der Waals surface area contributed by atoms with Crippen molar-refractivity contribution in [2.45, 2.75) is 32.2 Å². The minimum Gasteiger partial charge on any atom is -0.372 e. The first-order valence-corrected chi connectivity index (χ1v) is 9.74. The van der Waals surface area contributed by atoms with Crippen molar-refractivity contribution >= 4 is 28.9 Å². The number of piperidine rings is 1. The van der Waals surface area contributed by atoms with Gasteiger partial charge in [-0.25, -0.2) is 0 Å². The number of carbonyl (C=O) groups excluding carboxylic acids is 1. The second-order valence-electron chi connectivity index (χ2n) is 6.89. The molecule has 0 unspecified atom stereocenters. The van der Waals surface area contributed by atoms with E-state index in [2.05, 4.69) is 29.3 Å². The predicted molar refractivity (Wildman–Crippen MR) is 108 cm³/mol. The van der Waals surface area contributed by atoms with Crippen molar-refractivity contribution in [3.05, 3.63) is 59.1 Å². The Morgan fingerprint density at radius 3 is 2.50 bits per heavy atom. The van der Waals surface area contributed by atoms with Crippen LogP contribution in [-0.4, -0.2) is 25.5 Å². The summed E-state index contributed by atoms with van der Waals surface area (Å²) in [6, 6.07) is 16.1. The molecule has 5 heteroatoms. The molecule has 1 aliphatic heterocycles. The Balaban J connectivity index is 1.49. The molecule has 1 atom stereocenters. The average Bonchev–Trinajstić information content (AvgIpc) is 2.68. The summed E-state index contributed by atoms with van der Waals surface area (Å²) in [5.41, 5.74) is 3.13. The Morgan fingerprint density at radius 1 is 1.12 bits per heavy atom. The van der Waals surface area contributed by atoms with Gasteiger partial charge >= 0.3 is 0 Å². The van der Waals surface area contributed by atoms with E-state index in [1.165, 1.54) is 24.9 Å². The number of quaternary nitrogens is 1. The summed E-state index contributed by atoms with van der Waals surface area (Å²) in [5, 5.41) is 5.71. The zero-order valence-electron chi connectivity index (χ0n) is 15.2. The monoisotopic (exact) mass is 372 g/mol. The topological polar surface area (TPSA) is 49.0 Å². The summed E-state index contributed by atoms with van der Waals surface area (Å²) < 4.78 is 0.